The van der Waals surface area contributed by atoms with Crippen LogP contribution < -0.4 is 5.32 Å². The van der Waals surface area contributed by atoms with Crippen LogP contribution in [-0.2, 0) is 36.9 Å². The molecule has 1 atom stereocenters. The van der Waals surface area contributed by atoms with Crippen molar-refractivity contribution in [1.82, 2.24) is 5.32 Å². The molecule has 0 aliphatic heterocycles. The SMILES string of the molecule is CC(C)(CC(=O)N[C@@H](Cc1ccccc1)C(=O)OCc1ccccc1)CC(=O)OC(C)(C)C. The predicted molar refractivity (Wildman–Crippen MR) is 127 cm³/mol. The van der Waals surface area contributed by atoms with E-state index >= 15 is 0 Å². The minimum Gasteiger partial charge on any atom is -0.460 e. The number of benzene rings is 2. The first-order valence-corrected chi connectivity index (χ1v) is 11.2. The number of hydrogen-bond donors (Lipinski definition) is 1. The minimum absolute atomic E-state index is 0.0729. The van der Waals surface area contributed by atoms with Crippen molar-refractivity contribution in [2.24, 2.45) is 5.41 Å². The van der Waals surface area contributed by atoms with E-state index in [0.29, 0.717) is 6.42 Å². The summed E-state index contributed by atoms with van der Waals surface area (Å²) < 4.78 is 10.9. The number of amides is 1. The largest absolute Gasteiger partial charge is 0.460 e. The molecular weight excluding hydrogens is 418 g/mol. The predicted octanol–water partition coefficient (Wildman–Crippen LogP) is 4.61. The van der Waals surface area contributed by atoms with E-state index in [2.05, 4.69) is 5.32 Å². The van der Waals surface area contributed by atoms with E-state index in [0.717, 1.165) is 11.1 Å². The molecule has 1 N–H and O–H groups in total. The molecule has 2 aromatic carbocycles. The summed E-state index contributed by atoms with van der Waals surface area (Å²) >= 11 is 0. The maximum absolute atomic E-state index is 12.8. The van der Waals surface area contributed by atoms with Gasteiger partial charge in [0.25, 0.3) is 0 Å². The van der Waals surface area contributed by atoms with Crippen LogP contribution in [-0.4, -0.2) is 29.5 Å². The van der Waals surface area contributed by atoms with Crippen LogP contribution in [0.5, 0.6) is 0 Å². The van der Waals surface area contributed by atoms with Crippen molar-refractivity contribution in [3.63, 3.8) is 0 Å². The number of carbonyl (C=O) groups excluding carboxylic acids is 3. The fourth-order valence-corrected chi connectivity index (χ4v) is 3.38. The molecule has 0 spiro atoms. The standard InChI is InChI=1S/C27H35NO5/c1-26(2,3)33-24(30)18-27(4,5)17-23(29)28-22(16-20-12-8-6-9-13-20)25(31)32-19-21-14-10-7-11-15-21/h6-15,22H,16-19H2,1-5H3,(H,28,29)/t22-/m0/s1. The van der Waals surface area contributed by atoms with Crippen LogP contribution in [0.3, 0.4) is 0 Å². The first kappa shape index (κ1) is 26.1. The van der Waals surface area contributed by atoms with Crippen molar-refractivity contribution >= 4 is 17.8 Å². The summed E-state index contributed by atoms with van der Waals surface area (Å²) in [5.41, 5.74) is 0.567. The van der Waals surface area contributed by atoms with Crippen LogP contribution >= 0.6 is 0 Å². The van der Waals surface area contributed by atoms with Crippen molar-refractivity contribution in [2.75, 3.05) is 0 Å². The quantitative estimate of drug-likeness (QED) is 0.532. The second kappa shape index (κ2) is 11.6. The Hall–Kier alpha value is -3.15. The van der Waals surface area contributed by atoms with E-state index in [1.807, 2.05) is 74.5 Å². The molecule has 0 radical (unpaired) electrons. The van der Waals surface area contributed by atoms with E-state index < -0.39 is 23.0 Å². The van der Waals surface area contributed by atoms with Gasteiger partial charge in [0.2, 0.25) is 5.91 Å². The summed E-state index contributed by atoms with van der Waals surface area (Å²) in [6, 6.07) is 18.0. The Balaban J connectivity index is 2.02. The molecule has 0 heterocycles. The van der Waals surface area contributed by atoms with Gasteiger partial charge in [-0.15, -0.1) is 0 Å². The first-order chi connectivity index (χ1) is 15.4. The van der Waals surface area contributed by atoms with Gasteiger partial charge < -0.3 is 14.8 Å². The highest BCUT2D eigenvalue weighted by atomic mass is 16.6. The molecule has 0 unspecified atom stereocenters. The van der Waals surface area contributed by atoms with Crippen molar-refractivity contribution in [1.29, 1.82) is 0 Å². The van der Waals surface area contributed by atoms with Gasteiger partial charge in [0.05, 0.1) is 6.42 Å². The molecule has 0 fully saturated rings. The molecule has 0 saturated heterocycles. The normalized spacial score (nSPS) is 12.5. The number of ether oxygens (including phenoxy) is 2. The van der Waals surface area contributed by atoms with Crippen molar-refractivity contribution in [3.05, 3.63) is 71.8 Å². The molecule has 0 saturated carbocycles. The molecule has 0 aromatic heterocycles. The van der Waals surface area contributed by atoms with Gasteiger partial charge in [0, 0.05) is 12.8 Å². The van der Waals surface area contributed by atoms with Crippen LogP contribution in [0.25, 0.3) is 0 Å². The summed E-state index contributed by atoms with van der Waals surface area (Å²) in [7, 11) is 0. The lowest BCUT2D eigenvalue weighted by atomic mass is 9.85. The Morgan fingerprint density at radius 1 is 0.818 bits per heavy atom. The second-order valence-corrected chi connectivity index (χ2v) is 10.0. The van der Waals surface area contributed by atoms with Gasteiger partial charge >= 0.3 is 11.9 Å². The molecule has 178 valence electrons. The number of esters is 2. The van der Waals surface area contributed by atoms with Gasteiger partial charge in [0.15, 0.2) is 0 Å². The third-order valence-corrected chi connectivity index (χ3v) is 4.81. The smallest absolute Gasteiger partial charge is 0.329 e. The zero-order valence-corrected chi connectivity index (χ0v) is 20.2. The van der Waals surface area contributed by atoms with E-state index in [1.54, 1.807) is 20.8 Å². The number of rotatable bonds is 10. The Morgan fingerprint density at radius 3 is 1.91 bits per heavy atom. The lowest BCUT2D eigenvalue weighted by Gasteiger charge is -2.27. The minimum atomic E-state index is -0.832. The Kier molecular flexibility index (Phi) is 9.21. The van der Waals surface area contributed by atoms with Crippen LogP contribution in [0.1, 0.15) is 58.6 Å². The third-order valence-electron chi connectivity index (χ3n) is 4.81. The zero-order chi connectivity index (χ0) is 24.5. The summed E-state index contributed by atoms with van der Waals surface area (Å²) in [4.78, 5) is 37.9. The van der Waals surface area contributed by atoms with E-state index in [1.165, 1.54) is 0 Å². The Bertz CT molecular complexity index is 917. The molecule has 6 heteroatoms. The topological polar surface area (TPSA) is 81.7 Å². The summed E-state index contributed by atoms with van der Waals surface area (Å²) in [5, 5.41) is 2.81. The average Bonchev–Trinajstić information content (AvgIpc) is 2.70. The summed E-state index contributed by atoms with van der Waals surface area (Å²) in [5.74, 6) is -1.18. The highest BCUT2D eigenvalue weighted by Crippen LogP contribution is 2.27. The lowest BCUT2D eigenvalue weighted by molar-refractivity contribution is -0.157. The third kappa shape index (κ3) is 10.3. The average molecular weight is 454 g/mol. The number of hydrogen-bond acceptors (Lipinski definition) is 5. The molecule has 0 aliphatic carbocycles. The molecule has 0 bridgehead atoms. The molecule has 33 heavy (non-hydrogen) atoms. The van der Waals surface area contributed by atoms with Crippen LogP contribution in [0.2, 0.25) is 0 Å². The summed E-state index contributed by atoms with van der Waals surface area (Å²) in [6.07, 6.45) is 0.482. The lowest BCUT2D eigenvalue weighted by Crippen LogP contribution is -2.44. The zero-order valence-electron chi connectivity index (χ0n) is 20.2. The maximum Gasteiger partial charge on any atom is 0.329 e. The van der Waals surface area contributed by atoms with E-state index in [-0.39, 0.29) is 31.3 Å². The molecule has 6 nitrogen and oxygen atoms in total. The van der Waals surface area contributed by atoms with Crippen LogP contribution in [0, 0.1) is 5.41 Å². The van der Waals surface area contributed by atoms with Crippen molar-refractivity contribution < 1.29 is 23.9 Å². The van der Waals surface area contributed by atoms with Gasteiger partial charge in [-0.1, -0.05) is 74.5 Å². The highest BCUT2D eigenvalue weighted by molar-refractivity contribution is 5.85. The monoisotopic (exact) mass is 453 g/mol. The van der Waals surface area contributed by atoms with Gasteiger partial charge in [-0.05, 0) is 37.3 Å². The van der Waals surface area contributed by atoms with Crippen molar-refractivity contribution in [3.8, 4) is 0 Å². The first-order valence-electron chi connectivity index (χ1n) is 11.2. The van der Waals surface area contributed by atoms with Crippen molar-refractivity contribution in [2.45, 2.75) is 72.1 Å². The number of nitrogens with one attached hydrogen (secondary N) is 1. The Morgan fingerprint density at radius 2 is 1.36 bits per heavy atom. The molecule has 1 amide bonds. The highest BCUT2D eigenvalue weighted by Gasteiger charge is 2.30. The maximum atomic E-state index is 12.8. The molecule has 2 aromatic rings. The molecule has 2 rings (SSSR count). The fourth-order valence-electron chi connectivity index (χ4n) is 3.38. The number of carbonyl (C=O) groups is 3. The summed E-state index contributed by atoms with van der Waals surface area (Å²) in [6.45, 7) is 9.21. The van der Waals surface area contributed by atoms with E-state index in [4.69, 9.17) is 9.47 Å². The van der Waals surface area contributed by atoms with Crippen LogP contribution in [0.15, 0.2) is 60.7 Å². The van der Waals surface area contributed by atoms with Gasteiger partial charge in [-0.2, -0.15) is 0 Å². The van der Waals surface area contributed by atoms with Gasteiger partial charge in [-0.3, -0.25) is 9.59 Å². The Labute approximate surface area is 196 Å². The van der Waals surface area contributed by atoms with Gasteiger partial charge in [-0.25, -0.2) is 4.79 Å². The van der Waals surface area contributed by atoms with E-state index in [9.17, 15) is 14.4 Å². The second-order valence-electron chi connectivity index (χ2n) is 10.0. The molecule has 0 aliphatic rings. The molecular formula is C27H35NO5. The van der Waals surface area contributed by atoms with Crippen LogP contribution in [0.4, 0.5) is 0 Å². The van der Waals surface area contributed by atoms with Gasteiger partial charge in [0.1, 0.15) is 18.2 Å². The fraction of sp³-hybridized carbons (Fsp3) is 0.444.